The first-order chi connectivity index (χ1) is 11.1. The van der Waals surface area contributed by atoms with Crippen molar-refractivity contribution in [3.05, 3.63) is 29.8 Å². The number of likely N-dealkylation sites (tertiary alicyclic amines) is 1. The molecule has 0 bridgehead atoms. The molecule has 0 atom stereocenters. The number of hydrogen-bond acceptors (Lipinski definition) is 2. The summed E-state index contributed by atoms with van der Waals surface area (Å²) in [5, 5.41) is 0. The molecule has 0 unspecified atom stereocenters. The summed E-state index contributed by atoms with van der Waals surface area (Å²) in [6, 6.07) is 8.18. The van der Waals surface area contributed by atoms with Gasteiger partial charge < -0.3 is 9.80 Å². The quantitative estimate of drug-likeness (QED) is 0.800. The molecule has 4 rings (SSSR count). The number of hydrogen-bond donors (Lipinski definition) is 0. The Kier molecular flexibility index (Phi) is 3.43. The number of benzene rings is 1. The summed E-state index contributed by atoms with van der Waals surface area (Å²) < 4.78 is 0. The van der Waals surface area contributed by atoms with Crippen LogP contribution in [0.2, 0.25) is 0 Å². The zero-order valence-corrected chi connectivity index (χ0v) is 13.8. The molecule has 122 valence electrons. The Hall–Kier alpha value is -1.84. The van der Waals surface area contributed by atoms with Crippen LogP contribution in [0.25, 0.3) is 0 Å². The summed E-state index contributed by atoms with van der Waals surface area (Å²) in [6.45, 7) is 3.99. The Morgan fingerprint density at radius 3 is 2.48 bits per heavy atom. The van der Waals surface area contributed by atoms with E-state index < -0.39 is 0 Å². The summed E-state index contributed by atoms with van der Waals surface area (Å²) in [6.07, 6.45) is 5.48. The van der Waals surface area contributed by atoms with Gasteiger partial charge in [-0.3, -0.25) is 9.59 Å². The monoisotopic (exact) mass is 312 g/mol. The molecular formula is C19H24N2O2. The van der Waals surface area contributed by atoms with E-state index in [-0.39, 0.29) is 17.2 Å². The highest BCUT2D eigenvalue weighted by molar-refractivity contribution is 5.93. The average Bonchev–Trinajstić information content (AvgIpc) is 3.05. The second-order valence-corrected chi connectivity index (χ2v) is 7.59. The minimum absolute atomic E-state index is 0.0638. The number of fused-ring (bicyclic) bond motifs is 1. The average molecular weight is 312 g/mol. The Morgan fingerprint density at radius 1 is 1.09 bits per heavy atom. The fourth-order valence-corrected chi connectivity index (χ4v) is 4.65. The smallest absolute Gasteiger partial charge is 0.225 e. The van der Waals surface area contributed by atoms with E-state index in [2.05, 4.69) is 6.07 Å². The summed E-state index contributed by atoms with van der Waals surface area (Å²) in [5.74, 6) is 0.700. The SMILES string of the molecule is CC(=O)N1CC2(Cc3ccccc31)CN(C(=O)C1CCCC1)C2. The van der Waals surface area contributed by atoms with Crippen LogP contribution in [0.1, 0.15) is 38.2 Å². The summed E-state index contributed by atoms with van der Waals surface area (Å²) in [4.78, 5) is 28.5. The van der Waals surface area contributed by atoms with Gasteiger partial charge in [-0.15, -0.1) is 0 Å². The molecule has 0 radical (unpaired) electrons. The van der Waals surface area contributed by atoms with Crippen LogP contribution >= 0.6 is 0 Å². The third-order valence-corrected chi connectivity index (χ3v) is 5.79. The van der Waals surface area contributed by atoms with Crippen molar-refractivity contribution < 1.29 is 9.59 Å². The summed E-state index contributed by atoms with van der Waals surface area (Å²) in [7, 11) is 0. The lowest BCUT2D eigenvalue weighted by molar-refractivity contribution is -0.147. The van der Waals surface area contributed by atoms with E-state index in [4.69, 9.17) is 0 Å². The van der Waals surface area contributed by atoms with Crippen LogP contribution in [-0.2, 0) is 16.0 Å². The van der Waals surface area contributed by atoms with Crippen LogP contribution in [0.3, 0.4) is 0 Å². The first-order valence-corrected chi connectivity index (χ1v) is 8.73. The molecule has 23 heavy (non-hydrogen) atoms. The van der Waals surface area contributed by atoms with Crippen LogP contribution in [0.15, 0.2) is 24.3 Å². The Morgan fingerprint density at radius 2 is 1.78 bits per heavy atom. The zero-order chi connectivity index (χ0) is 16.0. The maximum absolute atomic E-state index is 12.6. The maximum atomic E-state index is 12.6. The Bertz CT molecular complexity index is 643. The normalized spacial score (nSPS) is 22.8. The van der Waals surface area contributed by atoms with Crippen LogP contribution in [-0.4, -0.2) is 36.3 Å². The highest BCUT2D eigenvalue weighted by atomic mass is 16.2. The molecule has 2 fully saturated rings. The summed E-state index contributed by atoms with van der Waals surface area (Å²) in [5.41, 5.74) is 2.35. The van der Waals surface area contributed by atoms with Gasteiger partial charge in [0.1, 0.15) is 0 Å². The van der Waals surface area contributed by atoms with Crippen molar-refractivity contribution >= 4 is 17.5 Å². The molecule has 0 aromatic heterocycles. The molecule has 1 aromatic rings. The number of amides is 2. The van der Waals surface area contributed by atoms with E-state index in [1.165, 1.54) is 18.4 Å². The van der Waals surface area contributed by atoms with E-state index in [1.54, 1.807) is 6.92 Å². The molecule has 2 heterocycles. The topological polar surface area (TPSA) is 40.6 Å². The van der Waals surface area contributed by atoms with Crippen molar-refractivity contribution in [2.45, 2.75) is 39.0 Å². The third kappa shape index (κ3) is 2.44. The van der Waals surface area contributed by atoms with E-state index in [9.17, 15) is 9.59 Å². The molecule has 1 saturated carbocycles. The number of nitrogens with zero attached hydrogens (tertiary/aromatic N) is 2. The Balaban J connectivity index is 1.51. The largest absolute Gasteiger partial charge is 0.341 e. The number of rotatable bonds is 1. The van der Waals surface area contributed by atoms with Crippen molar-refractivity contribution in [3.8, 4) is 0 Å². The van der Waals surface area contributed by atoms with Crippen molar-refractivity contribution in [2.75, 3.05) is 24.5 Å². The van der Waals surface area contributed by atoms with Gasteiger partial charge in [0.25, 0.3) is 0 Å². The van der Waals surface area contributed by atoms with Gasteiger partial charge in [0.15, 0.2) is 0 Å². The number of anilines is 1. The standard InChI is InChI=1S/C19H24N2O2/c1-14(22)21-13-19(10-16-8-4-5-9-17(16)21)11-20(12-19)18(23)15-6-2-3-7-15/h4-5,8-9,15H,2-3,6-7,10-13H2,1H3. The predicted molar refractivity (Wildman–Crippen MR) is 89.1 cm³/mol. The third-order valence-electron chi connectivity index (χ3n) is 5.79. The molecule has 1 saturated heterocycles. The van der Waals surface area contributed by atoms with E-state index >= 15 is 0 Å². The molecular weight excluding hydrogens is 288 g/mol. The van der Waals surface area contributed by atoms with Gasteiger partial charge in [0.05, 0.1) is 0 Å². The molecule has 2 amide bonds. The van der Waals surface area contributed by atoms with Crippen LogP contribution in [0, 0.1) is 11.3 Å². The second kappa shape index (κ2) is 5.36. The van der Waals surface area contributed by atoms with Gasteiger partial charge in [-0.2, -0.15) is 0 Å². The Labute approximate surface area is 137 Å². The lowest BCUT2D eigenvalue weighted by Gasteiger charge is -2.55. The summed E-state index contributed by atoms with van der Waals surface area (Å²) >= 11 is 0. The van der Waals surface area contributed by atoms with Crippen molar-refractivity contribution in [1.29, 1.82) is 0 Å². The molecule has 1 spiro atoms. The molecule has 4 heteroatoms. The molecule has 1 aromatic carbocycles. The zero-order valence-electron chi connectivity index (χ0n) is 13.8. The molecule has 4 nitrogen and oxygen atoms in total. The van der Waals surface area contributed by atoms with Gasteiger partial charge in [0, 0.05) is 43.6 Å². The van der Waals surface area contributed by atoms with Crippen LogP contribution in [0.4, 0.5) is 5.69 Å². The molecule has 3 aliphatic rings. The minimum Gasteiger partial charge on any atom is -0.341 e. The fourth-order valence-electron chi connectivity index (χ4n) is 4.65. The van der Waals surface area contributed by atoms with Crippen LogP contribution < -0.4 is 4.90 Å². The molecule has 1 aliphatic carbocycles. The first-order valence-electron chi connectivity index (χ1n) is 8.73. The van der Waals surface area contributed by atoms with Crippen molar-refractivity contribution in [3.63, 3.8) is 0 Å². The second-order valence-electron chi connectivity index (χ2n) is 7.59. The van der Waals surface area contributed by atoms with Gasteiger partial charge in [0.2, 0.25) is 11.8 Å². The highest BCUT2D eigenvalue weighted by Gasteiger charge is 2.50. The van der Waals surface area contributed by atoms with Gasteiger partial charge in [-0.05, 0) is 30.9 Å². The molecule has 0 N–H and O–H groups in total. The van der Waals surface area contributed by atoms with Gasteiger partial charge in [-0.25, -0.2) is 0 Å². The van der Waals surface area contributed by atoms with Gasteiger partial charge in [-0.1, -0.05) is 31.0 Å². The molecule has 2 aliphatic heterocycles. The lowest BCUT2D eigenvalue weighted by atomic mass is 9.71. The van der Waals surface area contributed by atoms with E-state index in [0.717, 1.165) is 44.6 Å². The minimum atomic E-state index is 0.0638. The van der Waals surface area contributed by atoms with Crippen molar-refractivity contribution in [2.24, 2.45) is 11.3 Å². The van der Waals surface area contributed by atoms with E-state index in [0.29, 0.717) is 5.91 Å². The van der Waals surface area contributed by atoms with Crippen molar-refractivity contribution in [1.82, 2.24) is 4.90 Å². The number of para-hydroxylation sites is 1. The van der Waals surface area contributed by atoms with E-state index in [1.807, 2.05) is 28.0 Å². The van der Waals surface area contributed by atoms with Gasteiger partial charge >= 0.3 is 0 Å². The lowest BCUT2D eigenvalue weighted by Crippen LogP contribution is -2.66. The fraction of sp³-hybridized carbons (Fsp3) is 0.579. The maximum Gasteiger partial charge on any atom is 0.225 e. The number of carbonyl (C=O) groups excluding carboxylic acids is 2. The highest BCUT2D eigenvalue weighted by Crippen LogP contribution is 2.43. The first kappa shape index (κ1) is 14.7. The predicted octanol–water partition coefficient (Wildman–Crippen LogP) is 2.61. The number of carbonyl (C=O) groups is 2. The van der Waals surface area contributed by atoms with Crippen LogP contribution in [0.5, 0.6) is 0 Å².